The van der Waals surface area contributed by atoms with E-state index >= 15 is 0 Å². The molecule has 1 unspecified atom stereocenters. The van der Waals surface area contributed by atoms with E-state index in [4.69, 9.17) is 22.3 Å². The summed E-state index contributed by atoms with van der Waals surface area (Å²) in [4.78, 5) is 0. The summed E-state index contributed by atoms with van der Waals surface area (Å²) in [5, 5.41) is 0.585. The quantitative estimate of drug-likeness (QED) is 0.789. The van der Waals surface area contributed by atoms with Crippen molar-refractivity contribution < 1.29 is 8.42 Å². The van der Waals surface area contributed by atoms with Gasteiger partial charge in [0.25, 0.3) is 0 Å². The molecule has 0 heterocycles. The van der Waals surface area contributed by atoms with E-state index in [1.165, 1.54) is 0 Å². The van der Waals surface area contributed by atoms with Crippen LogP contribution in [0, 0.1) is 5.92 Å². The second kappa shape index (κ2) is 5.39. The van der Waals surface area contributed by atoms with Gasteiger partial charge in [-0.05, 0) is 17.5 Å². The summed E-state index contributed by atoms with van der Waals surface area (Å²) in [6.45, 7) is 3.91. The van der Waals surface area contributed by atoms with Crippen molar-refractivity contribution >= 4 is 31.3 Å². The Balaban J connectivity index is 3.09. The molecule has 0 aliphatic rings. The molecule has 0 fully saturated rings. The van der Waals surface area contributed by atoms with Crippen molar-refractivity contribution in [2.45, 2.75) is 19.8 Å². The van der Waals surface area contributed by atoms with Crippen LogP contribution in [0.2, 0.25) is 5.02 Å². The van der Waals surface area contributed by atoms with Gasteiger partial charge >= 0.3 is 0 Å². The van der Waals surface area contributed by atoms with Crippen molar-refractivity contribution in [2.75, 3.05) is 5.75 Å². The molecule has 1 aromatic rings. The highest BCUT2D eigenvalue weighted by Gasteiger charge is 2.23. The number of rotatable bonds is 4. The van der Waals surface area contributed by atoms with Gasteiger partial charge in [0.1, 0.15) is 0 Å². The van der Waals surface area contributed by atoms with Gasteiger partial charge in [-0.2, -0.15) is 0 Å². The minimum absolute atomic E-state index is 0.0873. The highest BCUT2D eigenvalue weighted by Crippen LogP contribution is 2.31. The lowest BCUT2D eigenvalue weighted by Crippen LogP contribution is -2.16. The Morgan fingerprint density at radius 3 is 2.25 bits per heavy atom. The van der Waals surface area contributed by atoms with E-state index in [-0.39, 0.29) is 17.6 Å². The van der Waals surface area contributed by atoms with Crippen LogP contribution >= 0.6 is 22.3 Å². The zero-order valence-corrected chi connectivity index (χ0v) is 11.5. The van der Waals surface area contributed by atoms with Crippen molar-refractivity contribution in [2.24, 2.45) is 5.92 Å². The Morgan fingerprint density at radius 1 is 1.25 bits per heavy atom. The largest absolute Gasteiger partial charge is 0.233 e. The van der Waals surface area contributed by atoms with Gasteiger partial charge in [-0.3, -0.25) is 0 Å². The molecule has 16 heavy (non-hydrogen) atoms. The van der Waals surface area contributed by atoms with Gasteiger partial charge in [0.05, 0.1) is 5.75 Å². The second-order valence-electron chi connectivity index (χ2n) is 4.08. The Kier molecular flexibility index (Phi) is 4.65. The second-order valence-corrected chi connectivity index (χ2v) is 7.31. The Bertz CT molecular complexity index is 455. The molecule has 0 aliphatic carbocycles. The molecule has 5 heteroatoms. The van der Waals surface area contributed by atoms with Gasteiger partial charge in [0, 0.05) is 21.6 Å². The topological polar surface area (TPSA) is 34.1 Å². The molecule has 0 bridgehead atoms. The van der Waals surface area contributed by atoms with Crippen molar-refractivity contribution in [3.05, 3.63) is 34.9 Å². The fraction of sp³-hybridized carbons (Fsp3) is 0.455. The summed E-state index contributed by atoms with van der Waals surface area (Å²) in [5.41, 5.74) is 0.836. The van der Waals surface area contributed by atoms with E-state index in [0.717, 1.165) is 5.56 Å². The van der Waals surface area contributed by atoms with Gasteiger partial charge in [0.2, 0.25) is 9.05 Å². The Morgan fingerprint density at radius 2 is 1.81 bits per heavy atom. The Hall–Kier alpha value is -0.250. The molecule has 0 aromatic heterocycles. The molecule has 0 spiro atoms. The smallest absolute Gasteiger partial charge is 0.212 e. The first-order chi connectivity index (χ1) is 7.31. The predicted octanol–water partition coefficient (Wildman–Crippen LogP) is 3.65. The lowest BCUT2D eigenvalue weighted by atomic mass is 9.90. The van der Waals surface area contributed by atoms with E-state index in [1.54, 1.807) is 6.07 Å². The van der Waals surface area contributed by atoms with Crippen LogP contribution in [0.4, 0.5) is 0 Å². The molecule has 0 saturated carbocycles. The summed E-state index contributed by atoms with van der Waals surface area (Å²) in [6.07, 6.45) is 0. The maximum Gasteiger partial charge on any atom is 0.233 e. The number of hydrogen-bond acceptors (Lipinski definition) is 2. The number of hydrogen-bond donors (Lipinski definition) is 0. The molecule has 0 N–H and O–H groups in total. The molecule has 2 nitrogen and oxygen atoms in total. The Labute approximate surface area is 106 Å². The van der Waals surface area contributed by atoms with Crippen LogP contribution in [-0.2, 0) is 9.05 Å². The van der Waals surface area contributed by atoms with Crippen molar-refractivity contribution in [3.8, 4) is 0 Å². The van der Waals surface area contributed by atoms with Gasteiger partial charge in [-0.15, -0.1) is 0 Å². The molecule has 0 aliphatic heterocycles. The predicted molar refractivity (Wildman–Crippen MR) is 68.7 cm³/mol. The van der Waals surface area contributed by atoms with Crippen molar-refractivity contribution in [1.82, 2.24) is 0 Å². The molecular weight excluding hydrogens is 267 g/mol. The first kappa shape index (κ1) is 13.8. The third-order valence-corrected chi connectivity index (χ3v) is 3.97. The molecule has 0 amide bonds. The van der Waals surface area contributed by atoms with Gasteiger partial charge in [-0.1, -0.05) is 43.6 Å². The van der Waals surface area contributed by atoms with Gasteiger partial charge in [-0.25, -0.2) is 8.42 Å². The highest BCUT2D eigenvalue weighted by molar-refractivity contribution is 8.13. The maximum atomic E-state index is 11.2. The lowest BCUT2D eigenvalue weighted by Gasteiger charge is -2.20. The van der Waals surface area contributed by atoms with Gasteiger partial charge in [0.15, 0.2) is 0 Å². The number of benzene rings is 1. The van der Waals surface area contributed by atoms with Crippen molar-refractivity contribution in [1.29, 1.82) is 0 Å². The number of halogens is 2. The maximum absolute atomic E-state index is 11.2. The fourth-order valence-corrected chi connectivity index (χ4v) is 3.31. The average molecular weight is 281 g/mol. The van der Waals surface area contributed by atoms with Crippen LogP contribution in [0.1, 0.15) is 25.3 Å². The monoisotopic (exact) mass is 280 g/mol. The standard InChI is InChI=1S/C11H14Cl2O2S/c1-8(2)10(7-16(13,14)15)9-5-3-4-6-11(9)12/h3-6,8,10H,7H2,1-2H3. The molecule has 0 saturated heterocycles. The van der Waals surface area contributed by atoms with Crippen LogP contribution in [0.3, 0.4) is 0 Å². The van der Waals surface area contributed by atoms with Crippen LogP contribution in [0.25, 0.3) is 0 Å². The molecule has 90 valence electrons. The molecule has 0 radical (unpaired) electrons. The fourth-order valence-electron chi connectivity index (χ4n) is 1.63. The first-order valence-corrected chi connectivity index (χ1v) is 7.83. The summed E-state index contributed by atoms with van der Waals surface area (Å²) >= 11 is 6.05. The normalized spacial score (nSPS) is 14.1. The third-order valence-electron chi connectivity index (χ3n) is 2.49. The summed E-state index contributed by atoms with van der Waals surface area (Å²) in [6, 6.07) is 7.26. The summed E-state index contributed by atoms with van der Waals surface area (Å²) in [7, 11) is 1.78. The molecule has 1 atom stereocenters. The van der Waals surface area contributed by atoms with Crippen LogP contribution < -0.4 is 0 Å². The van der Waals surface area contributed by atoms with E-state index in [1.807, 2.05) is 32.0 Å². The third kappa shape index (κ3) is 3.96. The zero-order chi connectivity index (χ0) is 12.3. The van der Waals surface area contributed by atoms with Crippen molar-refractivity contribution in [3.63, 3.8) is 0 Å². The lowest BCUT2D eigenvalue weighted by molar-refractivity contribution is 0.525. The first-order valence-electron chi connectivity index (χ1n) is 4.98. The highest BCUT2D eigenvalue weighted by atomic mass is 35.7. The minimum Gasteiger partial charge on any atom is -0.212 e. The summed E-state index contributed by atoms with van der Waals surface area (Å²) in [5.74, 6) is -0.0970. The van der Waals surface area contributed by atoms with E-state index < -0.39 is 9.05 Å². The van der Waals surface area contributed by atoms with E-state index in [2.05, 4.69) is 0 Å². The summed E-state index contributed by atoms with van der Waals surface area (Å²) < 4.78 is 22.3. The molecule has 1 aromatic carbocycles. The molecular formula is C11H14Cl2O2S. The minimum atomic E-state index is -3.52. The van der Waals surface area contributed by atoms with E-state index in [0.29, 0.717) is 5.02 Å². The van der Waals surface area contributed by atoms with Crippen LogP contribution in [0.15, 0.2) is 24.3 Å². The van der Waals surface area contributed by atoms with Crippen LogP contribution in [0.5, 0.6) is 0 Å². The zero-order valence-electron chi connectivity index (χ0n) is 9.15. The van der Waals surface area contributed by atoms with Crippen LogP contribution in [-0.4, -0.2) is 14.2 Å². The average Bonchev–Trinajstić information content (AvgIpc) is 2.13. The van der Waals surface area contributed by atoms with E-state index in [9.17, 15) is 8.42 Å². The van der Waals surface area contributed by atoms with Gasteiger partial charge < -0.3 is 0 Å². The molecule has 1 rings (SSSR count). The SMILES string of the molecule is CC(C)C(CS(=O)(=O)Cl)c1ccccc1Cl.